The average molecular weight is 321 g/mol. The third-order valence-corrected chi connectivity index (χ3v) is 4.66. The fourth-order valence-electron chi connectivity index (χ4n) is 1.73. The van der Waals surface area contributed by atoms with Gasteiger partial charge in [-0.05, 0) is 18.4 Å². The van der Waals surface area contributed by atoms with Crippen LogP contribution in [0.2, 0.25) is 0 Å². The summed E-state index contributed by atoms with van der Waals surface area (Å²) in [5.41, 5.74) is 6.82. The fraction of sp³-hybridized carbons (Fsp3) is 0.154. The van der Waals surface area contributed by atoms with E-state index in [-0.39, 0.29) is 18.1 Å². The molecule has 108 valence electrons. The van der Waals surface area contributed by atoms with E-state index in [0.29, 0.717) is 11.4 Å². The van der Waals surface area contributed by atoms with Gasteiger partial charge in [-0.15, -0.1) is 22.7 Å². The standard InChI is InChI=1S/C13H11N3O3S2/c1-7-10(11(14)19-16-7)13(17)18-5-8-6-21-12(15-8)9-3-2-4-20-9/h2-4,6H,5,14H2,1H3. The molecular formula is C13H11N3O3S2. The van der Waals surface area contributed by atoms with E-state index >= 15 is 0 Å². The van der Waals surface area contributed by atoms with E-state index in [9.17, 15) is 4.79 Å². The molecule has 0 aliphatic rings. The lowest BCUT2D eigenvalue weighted by Crippen LogP contribution is -2.08. The van der Waals surface area contributed by atoms with Crippen molar-refractivity contribution in [1.82, 2.24) is 10.1 Å². The van der Waals surface area contributed by atoms with Crippen molar-refractivity contribution in [2.75, 3.05) is 5.73 Å². The minimum Gasteiger partial charge on any atom is -0.455 e. The van der Waals surface area contributed by atoms with Gasteiger partial charge in [-0.3, -0.25) is 0 Å². The fourth-order valence-corrected chi connectivity index (χ4v) is 3.35. The number of hydrogen-bond acceptors (Lipinski definition) is 8. The van der Waals surface area contributed by atoms with Crippen LogP contribution in [0.3, 0.4) is 0 Å². The third-order valence-electron chi connectivity index (χ3n) is 2.73. The number of thiophene rings is 1. The summed E-state index contributed by atoms with van der Waals surface area (Å²) < 4.78 is 9.93. The van der Waals surface area contributed by atoms with Crippen LogP contribution in [-0.4, -0.2) is 16.1 Å². The highest BCUT2D eigenvalue weighted by Crippen LogP contribution is 2.28. The number of carbonyl (C=O) groups excluding carboxylic acids is 1. The molecule has 0 spiro atoms. The predicted molar refractivity (Wildman–Crippen MR) is 80.2 cm³/mol. The average Bonchev–Trinajstić information content (AvgIpc) is 3.17. The molecule has 0 amide bonds. The molecule has 0 saturated carbocycles. The molecule has 21 heavy (non-hydrogen) atoms. The largest absolute Gasteiger partial charge is 0.455 e. The zero-order valence-corrected chi connectivity index (χ0v) is 12.7. The quantitative estimate of drug-likeness (QED) is 0.742. The van der Waals surface area contributed by atoms with Gasteiger partial charge in [-0.2, -0.15) is 0 Å². The molecule has 0 fully saturated rings. The van der Waals surface area contributed by atoms with E-state index in [1.165, 1.54) is 11.3 Å². The van der Waals surface area contributed by atoms with Crippen LogP contribution < -0.4 is 5.73 Å². The topological polar surface area (TPSA) is 91.2 Å². The molecule has 6 nitrogen and oxygen atoms in total. The number of nitrogen functional groups attached to an aromatic ring is 1. The minimum absolute atomic E-state index is 0.0324. The number of ether oxygens (including phenoxy) is 1. The van der Waals surface area contributed by atoms with Gasteiger partial charge in [0.2, 0.25) is 5.88 Å². The number of nitrogens with two attached hydrogens (primary N) is 1. The van der Waals surface area contributed by atoms with Crippen molar-refractivity contribution < 1.29 is 14.1 Å². The normalized spacial score (nSPS) is 10.7. The minimum atomic E-state index is -0.558. The number of nitrogens with zero attached hydrogens (tertiary/aromatic N) is 2. The van der Waals surface area contributed by atoms with Crippen LogP contribution >= 0.6 is 22.7 Å². The molecular weight excluding hydrogens is 310 g/mol. The summed E-state index contributed by atoms with van der Waals surface area (Å²) >= 11 is 3.13. The Kier molecular flexibility index (Phi) is 3.72. The smallest absolute Gasteiger partial charge is 0.346 e. The van der Waals surface area contributed by atoms with Gasteiger partial charge in [-0.1, -0.05) is 11.2 Å². The predicted octanol–water partition coefficient (Wildman–Crippen LogP) is 3.11. The van der Waals surface area contributed by atoms with E-state index in [4.69, 9.17) is 15.0 Å². The lowest BCUT2D eigenvalue weighted by atomic mass is 10.2. The van der Waals surface area contributed by atoms with Crippen molar-refractivity contribution >= 4 is 34.5 Å². The number of anilines is 1. The Morgan fingerprint density at radius 1 is 1.48 bits per heavy atom. The van der Waals surface area contributed by atoms with Crippen LogP contribution in [0.25, 0.3) is 9.88 Å². The molecule has 3 aromatic heterocycles. The zero-order valence-electron chi connectivity index (χ0n) is 11.0. The molecule has 3 aromatic rings. The second-order valence-corrected chi connectivity index (χ2v) is 6.01. The summed E-state index contributed by atoms with van der Waals surface area (Å²) in [6.45, 7) is 1.72. The molecule has 3 heterocycles. The van der Waals surface area contributed by atoms with Gasteiger partial charge in [0, 0.05) is 5.38 Å². The highest BCUT2D eigenvalue weighted by molar-refractivity contribution is 7.20. The van der Waals surface area contributed by atoms with E-state index in [2.05, 4.69) is 10.1 Å². The second kappa shape index (κ2) is 5.66. The Morgan fingerprint density at radius 3 is 3.00 bits per heavy atom. The summed E-state index contributed by atoms with van der Waals surface area (Å²) in [7, 11) is 0. The molecule has 2 N–H and O–H groups in total. The Morgan fingerprint density at radius 2 is 2.33 bits per heavy atom. The third kappa shape index (κ3) is 2.81. The highest BCUT2D eigenvalue weighted by Gasteiger charge is 2.20. The van der Waals surface area contributed by atoms with Gasteiger partial charge in [0.05, 0.1) is 16.3 Å². The second-order valence-electron chi connectivity index (χ2n) is 4.20. The molecule has 8 heteroatoms. The number of rotatable bonds is 4. The van der Waals surface area contributed by atoms with E-state index < -0.39 is 5.97 Å². The summed E-state index contributed by atoms with van der Waals surface area (Å²) in [6.07, 6.45) is 0. The number of aromatic nitrogens is 2. The van der Waals surface area contributed by atoms with Crippen molar-refractivity contribution in [3.63, 3.8) is 0 Å². The Hall–Kier alpha value is -2.19. The number of hydrogen-bond donors (Lipinski definition) is 1. The van der Waals surface area contributed by atoms with Crippen molar-refractivity contribution in [1.29, 1.82) is 0 Å². The van der Waals surface area contributed by atoms with Gasteiger partial charge in [0.1, 0.15) is 17.2 Å². The maximum Gasteiger partial charge on any atom is 0.346 e. The summed E-state index contributed by atoms with van der Waals surface area (Å²) in [5, 5.41) is 8.39. The Balaban J connectivity index is 1.67. The van der Waals surface area contributed by atoms with Gasteiger partial charge < -0.3 is 15.0 Å². The van der Waals surface area contributed by atoms with Gasteiger partial charge in [0.25, 0.3) is 0 Å². The summed E-state index contributed by atoms with van der Waals surface area (Å²) in [5.74, 6) is -0.591. The van der Waals surface area contributed by atoms with Gasteiger partial charge in [0.15, 0.2) is 0 Å². The van der Waals surface area contributed by atoms with E-state index in [1.807, 2.05) is 22.9 Å². The van der Waals surface area contributed by atoms with Gasteiger partial charge >= 0.3 is 5.97 Å². The number of thiazole rings is 1. The first-order valence-electron chi connectivity index (χ1n) is 6.02. The first-order chi connectivity index (χ1) is 10.1. The van der Waals surface area contributed by atoms with Crippen LogP contribution in [-0.2, 0) is 11.3 Å². The molecule has 0 unspecified atom stereocenters. The highest BCUT2D eigenvalue weighted by atomic mass is 32.1. The Bertz CT molecular complexity index is 742. The first-order valence-corrected chi connectivity index (χ1v) is 7.78. The zero-order chi connectivity index (χ0) is 14.8. The SMILES string of the molecule is Cc1noc(N)c1C(=O)OCc1csc(-c2cccs2)n1. The Labute approximate surface area is 128 Å². The van der Waals surface area contributed by atoms with E-state index in [1.54, 1.807) is 18.3 Å². The van der Waals surface area contributed by atoms with Gasteiger partial charge in [-0.25, -0.2) is 9.78 Å². The summed E-state index contributed by atoms with van der Waals surface area (Å²) in [6, 6.07) is 3.97. The van der Waals surface area contributed by atoms with Crippen LogP contribution in [0.5, 0.6) is 0 Å². The molecule has 0 aliphatic carbocycles. The lowest BCUT2D eigenvalue weighted by molar-refractivity contribution is 0.0468. The van der Waals surface area contributed by atoms with Crippen LogP contribution in [0.15, 0.2) is 27.4 Å². The van der Waals surface area contributed by atoms with Crippen molar-refractivity contribution in [2.24, 2.45) is 0 Å². The van der Waals surface area contributed by atoms with Crippen LogP contribution in [0.4, 0.5) is 5.88 Å². The van der Waals surface area contributed by atoms with Crippen LogP contribution in [0.1, 0.15) is 21.7 Å². The van der Waals surface area contributed by atoms with Crippen molar-refractivity contribution in [3.8, 4) is 9.88 Å². The molecule has 0 atom stereocenters. The first kappa shape index (κ1) is 13.8. The van der Waals surface area contributed by atoms with E-state index in [0.717, 1.165) is 9.88 Å². The molecule has 0 aromatic carbocycles. The molecule has 0 aliphatic heterocycles. The molecule has 3 rings (SSSR count). The summed E-state index contributed by atoms with van der Waals surface area (Å²) in [4.78, 5) is 17.5. The maximum atomic E-state index is 11.9. The number of carbonyl (C=O) groups is 1. The molecule has 0 radical (unpaired) electrons. The monoisotopic (exact) mass is 321 g/mol. The molecule has 0 bridgehead atoms. The number of aryl methyl sites for hydroxylation is 1. The van der Waals surface area contributed by atoms with Crippen molar-refractivity contribution in [3.05, 3.63) is 39.8 Å². The number of esters is 1. The molecule has 0 saturated heterocycles. The van der Waals surface area contributed by atoms with Crippen LogP contribution in [0, 0.1) is 6.92 Å². The maximum absolute atomic E-state index is 11.9. The lowest BCUT2D eigenvalue weighted by Gasteiger charge is -2.01. The van der Waals surface area contributed by atoms with Crippen molar-refractivity contribution in [2.45, 2.75) is 13.5 Å².